The van der Waals surface area contributed by atoms with E-state index in [1.807, 2.05) is 4.90 Å². The molecule has 1 saturated heterocycles. The lowest BCUT2D eigenvalue weighted by Crippen LogP contribution is -2.56. The average Bonchev–Trinajstić information content (AvgIpc) is 2.32. The van der Waals surface area contributed by atoms with Gasteiger partial charge in [-0.25, -0.2) is 0 Å². The zero-order valence-electron chi connectivity index (χ0n) is 10.5. The van der Waals surface area contributed by atoms with E-state index in [0.29, 0.717) is 6.04 Å². The Morgan fingerprint density at radius 3 is 2.56 bits per heavy atom. The van der Waals surface area contributed by atoms with E-state index in [1.165, 1.54) is 0 Å². The van der Waals surface area contributed by atoms with Crippen molar-refractivity contribution in [2.24, 2.45) is 0 Å². The number of nitrogens with zero attached hydrogens (tertiary/aromatic N) is 2. The number of aromatic nitrogens is 1. The van der Waals surface area contributed by atoms with Crippen LogP contribution in [0.15, 0.2) is 24.5 Å². The molecule has 2 rings (SSSR count). The maximum Gasteiger partial charge on any atom is 0.254 e. The molecule has 0 aromatic carbocycles. The van der Waals surface area contributed by atoms with Crippen molar-refractivity contribution in [3.63, 3.8) is 0 Å². The van der Waals surface area contributed by atoms with Gasteiger partial charge in [0.25, 0.3) is 5.91 Å². The van der Waals surface area contributed by atoms with Crippen molar-refractivity contribution < 1.29 is 4.79 Å². The Morgan fingerprint density at radius 2 is 1.94 bits per heavy atom. The molecule has 2 unspecified atom stereocenters. The summed E-state index contributed by atoms with van der Waals surface area (Å²) in [6.45, 7) is 5.79. The average molecular weight is 292 g/mol. The third-order valence-corrected chi connectivity index (χ3v) is 2.95. The predicted molar refractivity (Wildman–Crippen MR) is 76.7 cm³/mol. The van der Waals surface area contributed by atoms with E-state index in [0.717, 1.165) is 18.7 Å². The first-order valence-electron chi connectivity index (χ1n) is 5.63. The maximum atomic E-state index is 12.2. The molecule has 0 spiro atoms. The SMILES string of the molecule is CC1CN(C(=O)c2ccncc2)C(C)CN1.Cl.Cl. The molecule has 2 heterocycles. The molecule has 4 nitrogen and oxygen atoms in total. The van der Waals surface area contributed by atoms with Crippen LogP contribution in [0, 0.1) is 0 Å². The van der Waals surface area contributed by atoms with Gasteiger partial charge in [0.05, 0.1) is 0 Å². The van der Waals surface area contributed by atoms with Crippen molar-refractivity contribution in [1.82, 2.24) is 15.2 Å². The van der Waals surface area contributed by atoms with Gasteiger partial charge < -0.3 is 10.2 Å². The highest BCUT2D eigenvalue weighted by Crippen LogP contribution is 2.11. The fourth-order valence-electron chi connectivity index (χ4n) is 1.96. The number of hydrogen-bond donors (Lipinski definition) is 1. The van der Waals surface area contributed by atoms with E-state index in [-0.39, 0.29) is 36.8 Å². The van der Waals surface area contributed by atoms with Crippen LogP contribution in [-0.2, 0) is 0 Å². The normalized spacial score (nSPS) is 22.7. The van der Waals surface area contributed by atoms with Crippen molar-refractivity contribution in [1.29, 1.82) is 0 Å². The number of pyridine rings is 1. The molecule has 0 radical (unpaired) electrons. The monoisotopic (exact) mass is 291 g/mol. The molecule has 1 aromatic rings. The van der Waals surface area contributed by atoms with Gasteiger partial charge in [0.2, 0.25) is 0 Å². The van der Waals surface area contributed by atoms with Crippen LogP contribution in [0.1, 0.15) is 24.2 Å². The summed E-state index contributed by atoms with van der Waals surface area (Å²) in [5.41, 5.74) is 0.718. The number of piperazine rings is 1. The van der Waals surface area contributed by atoms with E-state index >= 15 is 0 Å². The maximum absolute atomic E-state index is 12.2. The minimum absolute atomic E-state index is 0. The summed E-state index contributed by atoms with van der Waals surface area (Å²) >= 11 is 0. The summed E-state index contributed by atoms with van der Waals surface area (Å²) in [6, 6.07) is 4.14. The third-order valence-electron chi connectivity index (χ3n) is 2.95. The smallest absolute Gasteiger partial charge is 0.254 e. The summed E-state index contributed by atoms with van der Waals surface area (Å²) in [6.07, 6.45) is 3.31. The molecule has 18 heavy (non-hydrogen) atoms. The quantitative estimate of drug-likeness (QED) is 0.857. The Hall–Kier alpha value is -0.840. The molecule has 1 aromatic heterocycles. The fraction of sp³-hybridized carbons (Fsp3) is 0.500. The predicted octanol–water partition coefficient (Wildman–Crippen LogP) is 1.75. The van der Waals surface area contributed by atoms with E-state index < -0.39 is 0 Å². The molecular formula is C12H19Cl2N3O. The summed E-state index contributed by atoms with van der Waals surface area (Å²) < 4.78 is 0. The van der Waals surface area contributed by atoms with Crippen LogP contribution >= 0.6 is 24.8 Å². The van der Waals surface area contributed by atoms with Crippen LogP contribution < -0.4 is 5.32 Å². The molecule has 1 aliphatic rings. The summed E-state index contributed by atoms with van der Waals surface area (Å²) in [5.74, 6) is 0.100. The van der Waals surface area contributed by atoms with Gasteiger partial charge in [0.1, 0.15) is 0 Å². The molecule has 102 valence electrons. The molecule has 1 N–H and O–H groups in total. The van der Waals surface area contributed by atoms with Crippen LogP contribution in [0.3, 0.4) is 0 Å². The topological polar surface area (TPSA) is 45.2 Å². The molecule has 0 saturated carbocycles. The minimum Gasteiger partial charge on any atom is -0.333 e. The Kier molecular flexibility index (Phi) is 7.21. The lowest BCUT2D eigenvalue weighted by Gasteiger charge is -2.37. The molecule has 6 heteroatoms. The number of hydrogen-bond acceptors (Lipinski definition) is 3. The van der Waals surface area contributed by atoms with E-state index in [4.69, 9.17) is 0 Å². The largest absolute Gasteiger partial charge is 0.333 e. The highest BCUT2D eigenvalue weighted by atomic mass is 35.5. The van der Waals surface area contributed by atoms with Gasteiger partial charge in [0, 0.05) is 43.1 Å². The van der Waals surface area contributed by atoms with Gasteiger partial charge >= 0.3 is 0 Å². The van der Waals surface area contributed by atoms with Crippen molar-refractivity contribution in [2.45, 2.75) is 25.9 Å². The first kappa shape index (κ1) is 17.2. The van der Waals surface area contributed by atoms with Crippen LogP contribution in [0.2, 0.25) is 0 Å². The number of amides is 1. The van der Waals surface area contributed by atoms with Gasteiger partial charge in [-0.05, 0) is 26.0 Å². The second-order valence-corrected chi connectivity index (χ2v) is 4.35. The molecule has 1 fully saturated rings. The molecule has 1 amide bonds. The molecule has 0 aliphatic carbocycles. The van der Waals surface area contributed by atoms with Crippen LogP contribution in [-0.4, -0.2) is 41.0 Å². The number of halogens is 2. The standard InChI is InChI=1S/C12H17N3O.2ClH/c1-9-8-15(10(2)7-14-9)12(16)11-3-5-13-6-4-11;;/h3-6,9-10,14H,7-8H2,1-2H3;2*1H. The van der Waals surface area contributed by atoms with Crippen molar-refractivity contribution >= 4 is 30.7 Å². The Morgan fingerprint density at radius 1 is 1.33 bits per heavy atom. The van der Waals surface area contributed by atoms with Crippen LogP contribution in [0.25, 0.3) is 0 Å². The molecule has 2 atom stereocenters. The molecule has 0 bridgehead atoms. The highest BCUT2D eigenvalue weighted by Gasteiger charge is 2.26. The number of carbonyl (C=O) groups is 1. The van der Waals surface area contributed by atoms with Gasteiger partial charge in [-0.15, -0.1) is 24.8 Å². The van der Waals surface area contributed by atoms with E-state index in [2.05, 4.69) is 24.1 Å². The first-order valence-corrected chi connectivity index (χ1v) is 5.63. The molecular weight excluding hydrogens is 273 g/mol. The first-order chi connectivity index (χ1) is 7.68. The minimum atomic E-state index is 0. The summed E-state index contributed by atoms with van der Waals surface area (Å²) in [7, 11) is 0. The van der Waals surface area contributed by atoms with Crippen molar-refractivity contribution in [2.75, 3.05) is 13.1 Å². The lowest BCUT2D eigenvalue weighted by molar-refractivity contribution is 0.0616. The van der Waals surface area contributed by atoms with Crippen LogP contribution in [0.4, 0.5) is 0 Å². The zero-order valence-corrected chi connectivity index (χ0v) is 12.1. The Labute approximate surface area is 120 Å². The lowest BCUT2D eigenvalue weighted by atomic mass is 10.1. The van der Waals surface area contributed by atoms with Crippen molar-refractivity contribution in [3.8, 4) is 0 Å². The van der Waals surface area contributed by atoms with Crippen molar-refractivity contribution in [3.05, 3.63) is 30.1 Å². The number of rotatable bonds is 1. The third kappa shape index (κ3) is 3.83. The van der Waals surface area contributed by atoms with E-state index in [1.54, 1.807) is 24.5 Å². The molecule has 1 aliphatic heterocycles. The van der Waals surface area contributed by atoms with Crippen LogP contribution in [0.5, 0.6) is 0 Å². The second-order valence-electron chi connectivity index (χ2n) is 4.35. The second kappa shape index (κ2) is 7.56. The van der Waals surface area contributed by atoms with Gasteiger partial charge in [0.15, 0.2) is 0 Å². The highest BCUT2D eigenvalue weighted by molar-refractivity contribution is 5.94. The van der Waals surface area contributed by atoms with E-state index in [9.17, 15) is 4.79 Å². The Balaban J connectivity index is 0.00000144. The number of nitrogens with one attached hydrogen (secondary N) is 1. The number of carbonyl (C=O) groups excluding carboxylic acids is 1. The van der Waals surface area contributed by atoms with Gasteiger partial charge in [-0.2, -0.15) is 0 Å². The summed E-state index contributed by atoms with van der Waals surface area (Å²) in [4.78, 5) is 18.1. The fourth-order valence-corrected chi connectivity index (χ4v) is 1.96. The summed E-state index contributed by atoms with van der Waals surface area (Å²) in [5, 5.41) is 3.36. The van der Waals surface area contributed by atoms with Gasteiger partial charge in [-0.3, -0.25) is 9.78 Å². The zero-order chi connectivity index (χ0) is 11.5. The Bertz CT molecular complexity index is 375. The van der Waals surface area contributed by atoms with Gasteiger partial charge in [-0.1, -0.05) is 0 Å².